The lowest BCUT2D eigenvalue weighted by Gasteiger charge is -2.38. The van der Waals surface area contributed by atoms with E-state index < -0.39 is 0 Å². The second kappa shape index (κ2) is 6.20. The zero-order chi connectivity index (χ0) is 13.8. The maximum atomic E-state index is 4.48. The molecule has 2 heterocycles. The van der Waals surface area contributed by atoms with Crippen LogP contribution in [0, 0.1) is 0 Å². The highest BCUT2D eigenvalue weighted by molar-refractivity contribution is 5.30. The number of nitrogens with zero attached hydrogens (tertiary/aromatic N) is 3. The van der Waals surface area contributed by atoms with Crippen LogP contribution in [0.5, 0.6) is 0 Å². The third kappa shape index (κ3) is 2.92. The molecule has 3 rings (SSSR count). The van der Waals surface area contributed by atoms with E-state index >= 15 is 0 Å². The molecule has 4 nitrogen and oxygen atoms in total. The van der Waals surface area contributed by atoms with Crippen LogP contribution in [0.3, 0.4) is 0 Å². The summed E-state index contributed by atoms with van der Waals surface area (Å²) in [6, 6.07) is 11.0. The van der Waals surface area contributed by atoms with Crippen molar-refractivity contribution in [3.8, 4) is 5.69 Å². The summed E-state index contributed by atoms with van der Waals surface area (Å²) in [7, 11) is 0. The molecule has 0 atom stereocenters. The summed E-state index contributed by atoms with van der Waals surface area (Å²) in [5.74, 6) is 0. The first-order chi connectivity index (χ1) is 9.86. The molecule has 0 amide bonds. The number of nitrogens with one attached hydrogen (secondary N) is 1. The van der Waals surface area contributed by atoms with Gasteiger partial charge in [0, 0.05) is 37.4 Å². The van der Waals surface area contributed by atoms with Gasteiger partial charge in [-0.15, -0.1) is 0 Å². The summed E-state index contributed by atoms with van der Waals surface area (Å²) in [5, 5.41) is 7.83. The van der Waals surface area contributed by atoms with Crippen molar-refractivity contribution in [2.75, 3.05) is 19.6 Å². The van der Waals surface area contributed by atoms with Crippen LogP contribution in [0.1, 0.15) is 18.9 Å². The summed E-state index contributed by atoms with van der Waals surface area (Å²) < 4.78 is 1.96. The Balaban J connectivity index is 1.69. The second-order valence-electron chi connectivity index (χ2n) is 5.41. The van der Waals surface area contributed by atoms with Gasteiger partial charge in [0.05, 0.1) is 11.9 Å². The first-order valence-electron chi connectivity index (χ1n) is 7.40. The number of para-hydroxylation sites is 1. The van der Waals surface area contributed by atoms with E-state index in [1.165, 1.54) is 12.0 Å². The lowest BCUT2D eigenvalue weighted by atomic mass is 10.1. The van der Waals surface area contributed by atoms with Crippen LogP contribution in [0.25, 0.3) is 5.69 Å². The topological polar surface area (TPSA) is 33.1 Å². The van der Waals surface area contributed by atoms with Crippen molar-refractivity contribution in [3.63, 3.8) is 0 Å². The van der Waals surface area contributed by atoms with Gasteiger partial charge in [-0.2, -0.15) is 5.10 Å². The van der Waals surface area contributed by atoms with Crippen LogP contribution in [0.2, 0.25) is 0 Å². The lowest BCUT2D eigenvalue weighted by molar-refractivity contribution is 0.138. The molecule has 20 heavy (non-hydrogen) atoms. The van der Waals surface area contributed by atoms with E-state index in [9.17, 15) is 0 Å². The van der Waals surface area contributed by atoms with Crippen molar-refractivity contribution in [3.05, 3.63) is 48.3 Å². The highest BCUT2D eigenvalue weighted by Crippen LogP contribution is 2.13. The lowest BCUT2D eigenvalue weighted by Crippen LogP contribution is -2.56. The van der Waals surface area contributed by atoms with Crippen LogP contribution >= 0.6 is 0 Å². The molecule has 106 valence electrons. The molecular weight excluding hydrogens is 248 g/mol. The van der Waals surface area contributed by atoms with Crippen molar-refractivity contribution in [1.82, 2.24) is 20.0 Å². The number of rotatable bonds is 6. The van der Waals surface area contributed by atoms with Gasteiger partial charge in [-0.1, -0.05) is 25.1 Å². The SMILES string of the molecule is CCCN(Cc1cnn(-c2ccccc2)c1)C1CNC1. The van der Waals surface area contributed by atoms with Gasteiger partial charge >= 0.3 is 0 Å². The Labute approximate surface area is 120 Å². The first-order valence-corrected chi connectivity index (χ1v) is 7.40. The van der Waals surface area contributed by atoms with Gasteiger partial charge in [0.15, 0.2) is 0 Å². The minimum Gasteiger partial charge on any atom is -0.314 e. The molecule has 0 spiro atoms. The zero-order valence-electron chi connectivity index (χ0n) is 12.0. The van der Waals surface area contributed by atoms with Crippen LogP contribution < -0.4 is 5.32 Å². The van der Waals surface area contributed by atoms with Crippen LogP contribution in [-0.4, -0.2) is 40.4 Å². The van der Waals surface area contributed by atoms with Crippen LogP contribution in [0.4, 0.5) is 0 Å². The Morgan fingerprint density at radius 1 is 1.30 bits per heavy atom. The van der Waals surface area contributed by atoms with Crippen LogP contribution in [-0.2, 0) is 6.54 Å². The zero-order valence-corrected chi connectivity index (χ0v) is 12.0. The van der Waals surface area contributed by atoms with Gasteiger partial charge in [0.1, 0.15) is 0 Å². The Bertz CT molecular complexity index is 530. The van der Waals surface area contributed by atoms with E-state index in [2.05, 4.69) is 40.6 Å². The van der Waals surface area contributed by atoms with E-state index in [0.29, 0.717) is 6.04 Å². The molecular formula is C16H22N4. The molecule has 2 aromatic rings. The number of benzene rings is 1. The largest absolute Gasteiger partial charge is 0.314 e. The molecule has 4 heteroatoms. The van der Waals surface area contributed by atoms with E-state index in [1.54, 1.807) is 0 Å². The number of hydrogen-bond acceptors (Lipinski definition) is 3. The van der Waals surface area contributed by atoms with Gasteiger partial charge < -0.3 is 5.32 Å². The standard InChI is InChI=1S/C16H22N4/c1-2-8-19(16-10-17-11-16)12-14-9-18-20(13-14)15-6-4-3-5-7-15/h3-7,9,13,16-17H,2,8,10-12H2,1H3. The van der Waals surface area contributed by atoms with E-state index in [4.69, 9.17) is 0 Å². The minimum absolute atomic E-state index is 0.690. The smallest absolute Gasteiger partial charge is 0.0645 e. The van der Waals surface area contributed by atoms with Crippen molar-refractivity contribution in [2.24, 2.45) is 0 Å². The van der Waals surface area contributed by atoms with E-state index in [1.807, 2.05) is 29.1 Å². The minimum atomic E-state index is 0.690. The molecule has 1 N–H and O–H groups in total. The summed E-state index contributed by atoms with van der Waals surface area (Å²) in [4.78, 5) is 2.56. The first kappa shape index (κ1) is 13.3. The fraction of sp³-hybridized carbons (Fsp3) is 0.438. The second-order valence-corrected chi connectivity index (χ2v) is 5.41. The van der Waals surface area contributed by atoms with Gasteiger partial charge in [-0.25, -0.2) is 4.68 Å². The molecule has 1 aromatic carbocycles. The summed E-state index contributed by atoms with van der Waals surface area (Å²) in [6.07, 6.45) is 5.33. The van der Waals surface area contributed by atoms with Gasteiger partial charge in [0.25, 0.3) is 0 Å². The number of hydrogen-bond donors (Lipinski definition) is 1. The predicted octanol–water partition coefficient (Wildman–Crippen LogP) is 2.06. The molecule has 0 radical (unpaired) electrons. The predicted molar refractivity (Wildman–Crippen MR) is 80.9 cm³/mol. The molecule has 0 aliphatic carbocycles. The van der Waals surface area contributed by atoms with Crippen LogP contribution in [0.15, 0.2) is 42.7 Å². The molecule has 1 aliphatic heterocycles. The Morgan fingerprint density at radius 3 is 2.75 bits per heavy atom. The highest BCUT2D eigenvalue weighted by atomic mass is 15.3. The summed E-state index contributed by atoms with van der Waals surface area (Å²) in [6.45, 7) is 6.63. The fourth-order valence-corrected chi connectivity index (χ4v) is 2.61. The van der Waals surface area contributed by atoms with Gasteiger partial charge in [-0.3, -0.25) is 4.90 Å². The normalized spacial score (nSPS) is 15.5. The molecule has 1 aliphatic rings. The molecule has 1 fully saturated rings. The quantitative estimate of drug-likeness (QED) is 0.872. The molecule has 1 saturated heterocycles. The molecule has 0 saturated carbocycles. The fourth-order valence-electron chi connectivity index (χ4n) is 2.61. The Hall–Kier alpha value is -1.65. The molecule has 0 bridgehead atoms. The molecule has 0 unspecified atom stereocenters. The van der Waals surface area contributed by atoms with Crippen molar-refractivity contribution < 1.29 is 0 Å². The number of aromatic nitrogens is 2. The average molecular weight is 270 g/mol. The maximum Gasteiger partial charge on any atom is 0.0645 e. The van der Waals surface area contributed by atoms with Crippen molar-refractivity contribution >= 4 is 0 Å². The Morgan fingerprint density at radius 2 is 2.10 bits per heavy atom. The third-order valence-corrected chi connectivity index (χ3v) is 3.83. The average Bonchev–Trinajstić information content (AvgIpc) is 2.87. The van der Waals surface area contributed by atoms with Gasteiger partial charge in [-0.05, 0) is 25.1 Å². The highest BCUT2D eigenvalue weighted by Gasteiger charge is 2.24. The Kier molecular flexibility index (Phi) is 4.14. The third-order valence-electron chi connectivity index (χ3n) is 3.83. The monoisotopic (exact) mass is 270 g/mol. The van der Waals surface area contributed by atoms with E-state index in [0.717, 1.165) is 31.9 Å². The van der Waals surface area contributed by atoms with E-state index in [-0.39, 0.29) is 0 Å². The summed E-state index contributed by atoms with van der Waals surface area (Å²) >= 11 is 0. The summed E-state index contributed by atoms with van der Waals surface area (Å²) in [5.41, 5.74) is 2.40. The molecule has 1 aromatic heterocycles. The van der Waals surface area contributed by atoms with Crippen molar-refractivity contribution in [1.29, 1.82) is 0 Å². The van der Waals surface area contributed by atoms with Crippen molar-refractivity contribution in [2.45, 2.75) is 25.9 Å². The maximum absolute atomic E-state index is 4.48. The van der Waals surface area contributed by atoms with Gasteiger partial charge in [0.2, 0.25) is 0 Å².